The molecule has 3 aromatic carbocycles. The summed E-state index contributed by atoms with van der Waals surface area (Å²) in [7, 11) is 0. The monoisotopic (exact) mass is 528 g/mol. The molecule has 4 rings (SSSR count). The van der Waals surface area contributed by atoms with Gasteiger partial charge in [0.1, 0.15) is 23.4 Å². The molecule has 0 bridgehead atoms. The first-order valence-electron chi connectivity index (χ1n) is 10.7. The van der Waals surface area contributed by atoms with Gasteiger partial charge in [-0.25, -0.2) is 0 Å². The van der Waals surface area contributed by atoms with Crippen molar-refractivity contribution in [2.75, 3.05) is 6.54 Å². The Hall–Kier alpha value is -3.07. The molecule has 0 saturated carbocycles. The van der Waals surface area contributed by atoms with Gasteiger partial charge in [-0.15, -0.1) is 10.2 Å². The molecule has 1 aromatic heterocycles. The molecule has 0 aliphatic carbocycles. The number of ether oxygens (including phenoxy) is 1. The third-order valence-corrected chi connectivity index (χ3v) is 7.03. The van der Waals surface area contributed by atoms with Gasteiger partial charge >= 0.3 is 0 Å². The summed E-state index contributed by atoms with van der Waals surface area (Å²) in [5, 5.41) is 21.2. The maximum atomic E-state index is 11.6. The van der Waals surface area contributed by atoms with Gasteiger partial charge in [0, 0.05) is 31.8 Å². The molecule has 0 amide bonds. The van der Waals surface area contributed by atoms with Crippen LogP contribution in [0.25, 0.3) is 5.69 Å². The Balaban J connectivity index is 1.65. The minimum Gasteiger partial charge on any atom is -0.489 e. The fourth-order valence-electron chi connectivity index (χ4n) is 3.62. The summed E-state index contributed by atoms with van der Waals surface area (Å²) in [6, 6.07) is 20.4. The van der Waals surface area contributed by atoms with Crippen LogP contribution in [0.5, 0.6) is 5.75 Å². The van der Waals surface area contributed by atoms with E-state index in [1.807, 2.05) is 60.9 Å². The van der Waals surface area contributed by atoms with Crippen molar-refractivity contribution in [1.82, 2.24) is 14.8 Å². The number of hydrogen-bond acceptors (Lipinski definition) is 6. The van der Waals surface area contributed by atoms with Crippen LogP contribution in [0.1, 0.15) is 27.8 Å². The zero-order valence-corrected chi connectivity index (χ0v) is 21.3. The van der Waals surface area contributed by atoms with E-state index in [-0.39, 0.29) is 18.1 Å². The smallest absolute Gasteiger partial charge is 0.220 e. The van der Waals surface area contributed by atoms with Crippen molar-refractivity contribution in [2.24, 2.45) is 0 Å². The summed E-state index contributed by atoms with van der Waals surface area (Å²) in [6.07, 6.45) is 0. The number of nitrogens with zero attached hydrogens (tertiary/aromatic N) is 4. The van der Waals surface area contributed by atoms with Crippen LogP contribution in [0.2, 0.25) is 10.0 Å². The van der Waals surface area contributed by atoms with E-state index in [1.165, 1.54) is 11.8 Å². The van der Waals surface area contributed by atoms with E-state index < -0.39 is 5.25 Å². The minimum atomic E-state index is -0.561. The highest BCUT2D eigenvalue weighted by Gasteiger charge is 2.26. The van der Waals surface area contributed by atoms with E-state index >= 15 is 0 Å². The molecule has 0 aliphatic heterocycles. The first kappa shape index (κ1) is 25.0. The summed E-state index contributed by atoms with van der Waals surface area (Å²) in [5.74, 6) is 1.23. The van der Waals surface area contributed by atoms with Gasteiger partial charge in [0.2, 0.25) is 6.54 Å². The maximum Gasteiger partial charge on any atom is 0.220 e. The Bertz CT molecular complexity index is 1360. The Labute approximate surface area is 217 Å². The van der Waals surface area contributed by atoms with Crippen molar-refractivity contribution in [3.8, 4) is 11.4 Å². The zero-order chi connectivity index (χ0) is 24.9. The summed E-state index contributed by atoms with van der Waals surface area (Å²) >= 11 is 13.6. The third kappa shape index (κ3) is 6.14. The SMILES string of the molecule is Cc1cccc(-n2c(C)nnc2S[C@H](C[N+](=O)[O-])c2ccccc2OCc2ccc(Cl)cc2Cl)c1. The van der Waals surface area contributed by atoms with Gasteiger partial charge in [0.05, 0.1) is 0 Å². The molecule has 0 unspecified atom stereocenters. The normalized spacial score (nSPS) is 11.9. The Morgan fingerprint density at radius 1 is 1.06 bits per heavy atom. The molecule has 180 valence electrons. The molecular weight excluding hydrogens is 507 g/mol. The van der Waals surface area contributed by atoms with E-state index in [1.54, 1.807) is 24.3 Å². The predicted molar refractivity (Wildman–Crippen MR) is 139 cm³/mol. The highest BCUT2D eigenvalue weighted by Crippen LogP contribution is 2.40. The number of thioether (sulfide) groups is 1. The Kier molecular flexibility index (Phi) is 7.95. The van der Waals surface area contributed by atoms with Crippen LogP contribution in [0, 0.1) is 24.0 Å². The molecule has 0 N–H and O–H groups in total. The van der Waals surface area contributed by atoms with Gasteiger partial charge in [-0.05, 0) is 49.7 Å². The molecule has 35 heavy (non-hydrogen) atoms. The topological polar surface area (TPSA) is 83.1 Å². The zero-order valence-electron chi connectivity index (χ0n) is 19.0. The molecule has 0 saturated heterocycles. The fraction of sp³-hybridized carbons (Fsp3) is 0.200. The summed E-state index contributed by atoms with van der Waals surface area (Å²) in [5.41, 5.74) is 3.44. The van der Waals surface area contributed by atoms with Crippen LogP contribution < -0.4 is 4.74 Å². The van der Waals surface area contributed by atoms with Gasteiger partial charge in [-0.3, -0.25) is 14.7 Å². The summed E-state index contributed by atoms with van der Waals surface area (Å²) < 4.78 is 7.98. The molecule has 7 nitrogen and oxygen atoms in total. The minimum absolute atomic E-state index is 0.196. The third-order valence-electron chi connectivity index (χ3n) is 5.28. The van der Waals surface area contributed by atoms with Crippen molar-refractivity contribution in [2.45, 2.75) is 30.9 Å². The lowest BCUT2D eigenvalue weighted by Crippen LogP contribution is -2.12. The van der Waals surface area contributed by atoms with E-state index in [4.69, 9.17) is 27.9 Å². The number of aromatic nitrogens is 3. The number of hydrogen-bond donors (Lipinski definition) is 0. The molecule has 4 aromatic rings. The summed E-state index contributed by atoms with van der Waals surface area (Å²) in [4.78, 5) is 11.3. The average molecular weight is 529 g/mol. The quantitative estimate of drug-likeness (QED) is 0.134. The first-order chi connectivity index (χ1) is 16.8. The summed E-state index contributed by atoms with van der Waals surface area (Å²) in [6.45, 7) is 3.74. The molecule has 0 aliphatic rings. The van der Waals surface area contributed by atoms with Crippen LogP contribution in [0.4, 0.5) is 0 Å². The van der Waals surface area contributed by atoms with E-state index in [0.29, 0.717) is 32.3 Å². The van der Waals surface area contributed by atoms with Crippen molar-refractivity contribution in [3.05, 3.63) is 109 Å². The fourth-order valence-corrected chi connectivity index (χ4v) is 5.28. The van der Waals surface area contributed by atoms with Crippen LogP contribution in [0.3, 0.4) is 0 Å². The molecule has 0 spiro atoms. The van der Waals surface area contributed by atoms with Crippen molar-refractivity contribution in [3.63, 3.8) is 0 Å². The second-order valence-corrected chi connectivity index (χ2v) is 9.90. The van der Waals surface area contributed by atoms with E-state index in [9.17, 15) is 10.1 Å². The number of rotatable bonds is 9. The van der Waals surface area contributed by atoms with Crippen molar-refractivity contribution < 1.29 is 9.66 Å². The maximum absolute atomic E-state index is 11.6. The number of para-hydroxylation sites is 1. The lowest BCUT2D eigenvalue weighted by molar-refractivity contribution is -0.479. The second kappa shape index (κ2) is 11.1. The predicted octanol–water partition coefficient (Wildman–Crippen LogP) is 6.88. The molecule has 1 heterocycles. The lowest BCUT2D eigenvalue weighted by atomic mass is 10.1. The van der Waals surface area contributed by atoms with Crippen LogP contribution >= 0.6 is 35.0 Å². The van der Waals surface area contributed by atoms with Crippen molar-refractivity contribution in [1.29, 1.82) is 0 Å². The standard InChI is InChI=1S/C25H22Cl2N4O3S/c1-16-6-5-7-20(12-16)31-17(2)28-29-25(31)35-24(14-30(32)33)21-8-3-4-9-23(21)34-15-18-10-11-19(26)13-22(18)27/h3-13,24H,14-15H2,1-2H3/t24-/m1/s1. The van der Waals surface area contributed by atoms with Gasteiger partial charge in [0.25, 0.3) is 0 Å². The number of benzene rings is 3. The second-order valence-electron chi connectivity index (χ2n) is 7.89. The average Bonchev–Trinajstić information content (AvgIpc) is 3.18. The van der Waals surface area contributed by atoms with Crippen LogP contribution in [-0.2, 0) is 6.61 Å². The Morgan fingerprint density at radius 3 is 2.60 bits per heavy atom. The first-order valence-corrected chi connectivity index (χ1v) is 12.4. The van der Waals surface area contributed by atoms with Crippen LogP contribution in [-0.4, -0.2) is 26.2 Å². The number of aryl methyl sites for hydroxylation is 2. The van der Waals surface area contributed by atoms with E-state index in [2.05, 4.69) is 10.2 Å². The van der Waals surface area contributed by atoms with Gasteiger partial charge < -0.3 is 4.74 Å². The number of nitro groups is 1. The lowest BCUT2D eigenvalue weighted by Gasteiger charge is -2.18. The molecule has 0 radical (unpaired) electrons. The molecular formula is C25H22Cl2N4O3S. The van der Waals surface area contributed by atoms with Crippen molar-refractivity contribution >= 4 is 35.0 Å². The highest BCUT2D eigenvalue weighted by molar-refractivity contribution is 7.99. The molecule has 0 fully saturated rings. The van der Waals surface area contributed by atoms with Gasteiger partial charge in [-0.2, -0.15) is 0 Å². The number of halogens is 2. The van der Waals surface area contributed by atoms with Crippen LogP contribution in [0.15, 0.2) is 71.9 Å². The van der Waals surface area contributed by atoms with E-state index in [0.717, 1.165) is 16.8 Å². The molecule has 10 heteroatoms. The molecule has 1 atom stereocenters. The largest absolute Gasteiger partial charge is 0.489 e. The Morgan fingerprint density at radius 2 is 1.86 bits per heavy atom. The highest BCUT2D eigenvalue weighted by atomic mass is 35.5. The van der Waals surface area contributed by atoms with Gasteiger partial charge in [0.15, 0.2) is 5.16 Å². The van der Waals surface area contributed by atoms with Gasteiger partial charge in [-0.1, -0.05) is 71.4 Å².